The molecule has 2 aliphatic heterocycles. The zero-order valence-electron chi connectivity index (χ0n) is 29.2. The summed E-state index contributed by atoms with van der Waals surface area (Å²) in [6.07, 6.45) is 4.03. The number of aromatic nitrogens is 5. The van der Waals surface area contributed by atoms with E-state index in [0.29, 0.717) is 46.5 Å². The number of halogens is 1. The molecular formula is C36H39ClN10O5. The van der Waals surface area contributed by atoms with Gasteiger partial charge in [0.1, 0.15) is 5.02 Å². The standard InChI is InChI=1S/C36H39ClN10O5/c1-19-13-23(40-22-5-7-24-28(16-22)46(4)44-32(24)25-8-10-30(48)42-34(25)50)11-12-47(19)36-39-17-26(37)33(43-36)41-21-6-9-27-20(14-21)15-29(35(51)45(27)3)52-18-31(49)38-2/h5-7,9,14-17,19,23,25,40H,8,10-13,18H2,1-4H3,(H,38,49)(H,39,41,43)(H,42,48,50)/t19-,23-,25?/m0/s1. The van der Waals surface area contributed by atoms with Crippen LogP contribution in [0, 0.1) is 0 Å². The highest BCUT2D eigenvalue weighted by atomic mass is 35.5. The van der Waals surface area contributed by atoms with Crippen LogP contribution >= 0.6 is 11.6 Å². The molecule has 2 aliphatic rings. The summed E-state index contributed by atoms with van der Waals surface area (Å²) in [7, 11) is 5.02. The number of nitrogens with one attached hydrogen (secondary N) is 4. The second-order valence-corrected chi connectivity index (χ2v) is 13.7. The number of piperidine rings is 2. The SMILES string of the molecule is CNC(=O)COc1cc2cc(Nc3nc(N4CC[C@H](Nc5ccc6c(C7CCC(=O)NC7=O)nn(C)c6c5)C[C@@H]4C)ncc3Cl)ccc2n(C)c1=O. The van der Waals surface area contributed by atoms with Gasteiger partial charge in [0.15, 0.2) is 18.2 Å². The van der Waals surface area contributed by atoms with Gasteiger partial charge in [0.25, 0.3) is 11.5 Å². The second-order valence-electron chi connectivity index (χ2n) is 13.3. The lowest BCUT2D eigenvalue weighted by Gasteiger charge is -2.38. The Morgan fingerprint density at radius 1 is 1.06 bits per heavy atom. The van der Waals surface area contributed by atoms with Crippen molar-refractivity contribution in [3.8, 4) is 5.75 Å². The summed E-state index contributed by atoms with van der Waals surface area (Å²) in [6, 6.07) is 13.5. The van der Waals surface area contributed by atoms with E-state index < -0.39 is 5.92 Å². The number of rotatable bonds is 9. The maximum atomic E-state index is 12.8. The first-order valence-electron chi connectivity index (χ1n) is 17.1. The van der Waals surface area contributed by atoms with E-state index in [1.54, 1.807) is 24.0 Å². The Morgan fingerprint density at radius 3 is 2.63 bits per heavy atom. The summed E-state index contributed by atoms with van der Waals surface area (Å²) in [5.74, 6) is -0.253. The van der Waals surface area contributed by atoms with Gasteiger partial charge in [0.05, 0.1) is 28.8 Å². The molecule has 0 aliphatic carbocycles. The molecule has 15 nitrogen and oxygen atoms in total. The van der Waals surface area contributed by atoms with E-state index in [-0.39, 0.29) is 47.7 Å². The molecular weight excluding hydrogens is 688 g/mol. The van der Waals surface area contributed by atoms with Crippen molar-refractivity contribution in [3.63, 3.8) is 0 Å². The van der Waals surface area contributed by atoms with Gasteiger partial charge in [-0.15, -0.1) is 0 Å². The first-order valence-corrected chi connectivity index (χ1v) is 17.5. The number of amides is 3. The molecule has 1 unspecified atom stereocenters. The zero-order valence-corrected chi connectivity index (χ0v) is 30.0. The topological polar surface area (TPSA) is 177 Å². The molecule has 270 valence electrons. The van der Waals surface area contributed by atoms with Crippen LogP contribution in [0.2, 0.25) is 5.02 Å². The molecule has 0 radical (unpaired) electrons. The molecule has 5 aromatic rings. The van der Waals surface area contributed by atoms with Gasteiger partial charge in [0.2, 0.25) is 17.8 Å². The van der Waals surface area contributed by atoms with Crippen LogP contribution in [-0.2, 0) is 28.5 Å². The van der Waals surface area contributed by atoms with Crippen LogP contribution in [-0.4, -0.2) is 74.3 Å². The Bertz CT molecular complexity index is 2290. The van der Waals surface area contributed by atoms with Gasteiger partial charge >= 0.3 is 0 Å². The molecule has 7 rings (SSSR count). The first kappa shape index (κ1) is 34.7. The van der Waals surface area contributed by atoms with Crippen molar-refractivity contribution in [3.05, 3.63) is 69.7 Å². The number of hydrogen-bond acceptors (Lipinski definition) is 11. The van der Waals surface area contributed by atoms with Crippen molar-refractivity contribution in [1.82, 2.24) is 34.9 Å². The van der Waals surface area contributed by atoms with E-state index in [1.165, 1.54) is 11.6 Å². The second kappa shape index (κ2) is 14.1. The van der Waals surface area contributed by atoms with Crippen LogP contribution in [0.25, 0.3) is 21.8 Å². The predicted octanol–water partition coefficient (Wildman–Crippen LogP) is 3.73. The molecule has 3 amide bonds. The average Bonchev–Trinajstić information content (AvgIpc) is 3.45. The number of benzene rings is 2. The fraction of sp³-hybridized carbons (Fsp3) is 0.361. The van der Waals surface area contributed by atoms with Gasteiger partial charge in [-0.05, 0) is 68.7 Å². The third-order valence-corrected chi connectivity index (χ3v) is 10.1. The van der Waals surface area contributed by atoms with Gasteiger partial charge in [0, 0.05) is 68.3 Å². The first-order chi connectivity index (χ1) is 25.0. The van der Waals surface area contributed by atoms with Crippen molar-refractivity contribution < 1.29 is 19.1 Å². The van der Waals surface area contributed by atoms with Gasteiger partial charge in [-0.1, -0.05) is 11.6 Å². The maximum Gasteiger partial charge on any atom is 0.293 e. The van der Waals surface area contributed by atoms with E-state index in [2.05, 4.69) is 49.2 Å². The van der Waals surface area contributed by atoms with Crippen LogP contribution < -0.4 is 36.5 Å². The van der Waals surface area contributed by atoms with Crippen molar-refractivity contribution in [1.29, 1.82) is 0 Å². The quantitative estimate of drug-likeness (QED) is 0.163. The zero-order chi connectivity index (χ0) is 36.7. The van der Waals surface area contributed by atoms with Gasteiger partial charge in [-0.2, -0.15) is 10.1 Å². The highest BCUT2D eigenvalue weighted by molar-refractivity contribution is 6.33. The molecule has 2 saturated heterocycles. The summed E-state index contributed by atoms with van der Waals surface area (Å²) >= 11 is 6.56. The minimum absolute atomic E-state index is 0.0708. The van der Waals surface area contributed by atoms with E-state index in [0.717, 1.165) is 41.4 Å². The van der Waals surface area contributed by atoms with Crippen molar-refractivity contribution in [2.45, 2.75) is 50.6 Å². The minimum Gasteiger partial charge on any atom is -0.478 e. The van der Waals surface area contributed by atoms with Crippen LogP contribution in [0.5, 0.6) is 5.75 Å². The molecule has 3 aromatic heterocycles. The number of aryl methyl sites for hydroxylation is 2. The van der Waals surface area contributed by atoms with Gasteiger partial charge in [-0.3, -0.25) is 29.2 Å². The Hall–Kier alpha value is -5.70. The number of imide groups is 1. The number of pyridine rings is 1. The van der Waals surface area contributed by atoms with E-state index in [4.69, 9.17) is 21.3 Å². The number of fused-ring (bicyclic) bond motifs is 2. The molecule has 0 saturated carbocycles. The smallest absolute Gasteiger partial charge is 0.293 e. The summed E-state index contributed by atoms with van der Waals surface area (Å²) in [6.45, 7) is 2.60. The molecule has 2 fully saturated rings. The molecule has 0 spiro atoms. The Balaban J connectivity index is 1.03. The summed E-state index contributed by atoms with van der Waals surface area (Å²) < 4.78 is 8.76. The van der Waals surface area contributed by atoms with Crippen molar-refractivity contribution >= 4 is 74.3 Å². The Morgan fingerprint density at radius 2 is 1.87 bits per heavy atom. The van der Waals surface area contributed by atoms with Gasteiger partial charge < -0.3 is 30.2 Å². The average molecular weight is 727 g/mol. The number of nitrogens with zero attached hydrogens (tertiary/aromatic N) is 6. The molecule has 4 N–H and O–H groups in total. The molecule has 52 heavy (non-hydrogen) atoms. The molecule has 0 bridgehead atoms. The molecule has 3 atom stereocenters. The molecule has 5 heterocycles. The number of likely N-dealkylation sites (N-methyl/N-ethyl adjacent to an activating group) is 1. The van der Waals surface area contributed by atoms with E-state index in [1.807, 2.05) is 37.4 Å². The molecule has 2 aromatic carbocycles. The van der Waals surface area contributed by atoms with Crippen LogP contribution in [0.1, 0.15) is 44.2 Å². The Kier molecular flexibility index (Phi) is 9.44. The molecule has 16 heteroatoms. The lowest BCUT2D eigenvalue weighted by molar-refractivity contribution is -0.134. The van der Waals surface area contributed by atoms with Crippen LogP contribution in [0.3, 0.4) is 0 Å². The summed E-state index contributed by atoms with van der Waals surface area (Å²) in [5.41, 5.74) is 3.61. The van der Waals surface area contributed by atoms with Gasteiger partial charge in [-0.25, -0.2) is 4.98 Å². The minimum atomic E-state index is -0.448. The lowest BCUT2D eigenvalue weighted by Crippen LogP contribution is -2.45. The van der Waals surface area contributed by atoms with Crippen molar-refractivity contribution in [2.75, 3.05) is 35.7 Å². The number of carbonyl (C=O) groups is 3. The largest absolute Gasteiger partial charge is 0.478 e. The van der Waals surface area contributed by atoms with E-state index >= 15 is 0 Å². The monoisotopic (exact) mass is 726 g/mol. The highest BCUT2D eigenvalue weighted by Crippen LogP contribution is 2.33. The lowest BCUT2D eigenvalue weighted by atomic mass is 9.92. The highest BCUT2D eigenvalue weighted by Gasteiger charge is 2.32. The third kappa shape index (κ3) is 6.83. The fourth-order valence-corrected chi connectivity index (χ4v) is 7.13. The normalized spacial score (nSPS) is 19.1. The number of ether oxygens (including phenoxy) is 1. The number of hydrogen-bond donors (Lipinski definition) is 4. The fourth-order valence-electron chi connectivity index (χ4n) is 6.99. The third-order valence-electron chi connectivity index (χ3n) is 9.78. The van der Waals surface area contributed by atoms with E-state index in [9.17, 15) is 19.2 Å². The van der Waals surface area contributed by atoms with Crippen LogP contribution in [0.4, 0.5) is 23.1 Å². The number of anilines is 4. The summed E-state index contributed by atoms with van der Waals surface area (Å²) in [5, 5.41) is 18.5. The van der Waals surface area contributed by atoms with Crippen molar-refractivity contribution in [2.24, 2.45) is 14.1 Å². The predicted molar refractivity (Wildman–Crippen MR) is 198 cm³/mol. The summed E-state index contributed by atoms with van der Waals surface area (Å²) in [4.78, 5) is 60.2. The maximum absolute atomic E-state index is 12.8. The Labute approximate surface area is 303 Å². The van der Waals surface area contributed by atoms with Crippen LogP contribution in [0.15, 0.2) is 53.5 Å². The number of carbonyl (C=O) groups excluding carboxylic acids is 3.